The molecule has 0 amide bonds. The van der Waals surface area contributed by atoms with Gasteiger partial charge in [-0.2, -0.15) is 13.2 Å². The number of nitrogens with one attached hydrogen (secondary N) is 1. The third-order valence-electron chi connectivity index (χ3n) is 2.66. The smallest absolute Gasteiger partial charge is 0.356 e. The van der Waals surface area contributed by atoms with E-state index >= 15 is 0 Å². The molecule has 1 aromatic heterocycles. The predicted octanol–water partition coefficient (Wildman–Crippen LogP) is 1.73. The van der Waals surface area contributed by atoms with Crippen molar-refractivity contribution in [3.8, 4) is 0 Å². The van der Waals surface area contributed by atoms with Crippen molar-refractivity contribution in [2.75, 3.05) is 0 Å². The largest absolute Gasteiger partial charge is 0.423 e. The zero-order valence-corrected chi connectivity index (χ0v) is 10.7. The molecule has 1 heterocycles. The van der Waals surface area contributed by atoms with Gasteiger partial charge in [0.25, 0.3) is 5.56 Å². The van der Waals surface area contributed by atoms with E-state index in [0.29, 0.717) is 10.8 Å². The molecular weight excluding hydrogens is 289 g/mol. The number of hydrogen-bond donors (Lipinski definition) is 1. The number of rotatable bonds is 4. The van der Waals surface area contributed by atoms with E-state index in [9.17, 15) is 22.8 Å². The van der Waals surface area contributed by atoms with Crippen LogP contribution in [0.3, 0.4) is 0 Å². The van der Waals surface area contributed by atoms with E-state index in [-0.39, 0.29) is 6.61 Å². The van der Waals surface area contributed by atoms with Gasteiger partial charge in [-0.1, -0.05) is 30.3 Å². The SMILES string of the molecule is O=c1[nH]c(=O)n(COCc2ccccc2)cc1C(F)(F)F. The minimum atomic E-state index is -4.83. The van der Waals surface area contributed by atoms with Gasteiger partial charge in [0.05, 0.1) is 6.61 Å². The summed E-state index contributed by atoms with van der Waals surface area (Å²) in [5.41, 5.74) is -3.05. The number of ether oxygens (including phenoxy) is 1. The van der Waals surface area contributed by atoms with E-state index in [2.05, 4.69) is 0 Å². The maximum absolute atomic E-state index is 12.6. The highest BCUT2D eigenvalue weighted by molar-refractivity contribution is 5.13. The average molecular weight is 300 g/mol. The number of halogens is 3. The molecule has 0 spiro atoms. The predicted molar refractivity (Wildman–Crippen MR) is 67.6 cm³/mol. The minimum Gasteiger partial charge on any atom is -0.356 e. The van der Waals surface area contributed by atoms with Crippen molar-refractivity contribution in [2.45, 2.75) is 19.5 Å². The Morgan fingerprint density at radius 3 is 2.43 bits per heavy atom. The van der Waals surface area contributed by atoms with Crippen molar-refractivity contribution in [3.05, 3.63) is 68.5 Å². The summed E-state index contributed by atoms with van der Waals surface area (Å²) in [6, 6.07) is 8.93. The molecule has 2 aromatic rings. The van der Waals surface area contributed by atoms with Crippen molar-refractivity contribution in [3.63, 3.8) is 0 Å². The summed E-state index contributed by atoms with van der Waals surface area (Å²) < 4.78 is 43.5. The number of aromatic nitrogens is 2. The van der Waals surface area contributed by atoms with Gasteiger partial charge >= 0.3 is 11.9 Å². The standard InChI is InChI=1S/C13H11F3N2O3/c14-13(15,16)10-6-18(12(20)17-11(10)19)8-21-7-9-4-2-1-3-5-9/h1-6H,7-8H2,(H,17,19,20). The Bertz CT molecular complexity index is 720. The van der Waals surface area contributed by atoms with Gasteiger partial charge in [0.1, 0.15) is 12.3 Å². The van der Waals surface area contributed by atoms with Crippen LogP contribution >= 0.6 is 0 Å². The summed E-state index contributed by atoms with van der Waals surface area (Å²) in [6.45, 7) is -0.263. The lowest BCUT2D eigenvalue weighted by Gasteiger charge is -2.10. The molecule has 2 rings (SSSR count). The molecule has 5 nitrogen and oxygen atoms in total. The van der Waals surface area contributed by atoms with E-state index in [1.807, 2.05) is 6.07 Å². The zero-order chi connectivity index (χ0) is 15.5. The third-order valence-corrected chi connectivity index (χ3v) is 2.66. The maximum Gasteiger partial charge on any atom is 0.423 e. The van der Waals surface area contributed by atoms with Crippen LogP contribution in [0.15, 0.2) is 46.1 Å². The summed E-state index contributed by atoms with van der Waals surface area (Å²) in [6.07, 6.45) is -4.38. The maximum atomic E-state index is 12.6. The Kier molecular flexibility index (Phi) is 4.27. The van der Waals surface area contributed by atoms with E-state index in [4.69, 9.17) is 4.74 Å². The van der Waals surface area contributed by atoms with E-state index in [0.717, 1.165) is 5.56 Å². The minimum absolute atomic E-state index is 0.133. The van der Waals surface area contributed by atoms with Crippen LogP contribution in [0.5, 0.6) is 0 Å². The molecule has 1 N–H and O–H groups in total. The summed E-state index contributed by atoms with van der Waals surface area (Å²) >= 11 is 0. The first-order valence-electron chi connectivity index (χ1n) is 5.90. The highest BCUT2D eigenvalue weighted by atomic mass is 19.4. The Labute approximate surface area is 116 Å². The van der Waals surface area contributed by atoms with Crippen LogP contribution < -0.4 is 11.2 Å². The number of aromatic amines is 1. The van der Waals surface area contributed by atoms with Gasteiger partial charge in [-0.15, -0.1) is 0 Å². The van der Waals surface area contributed by atoms with E-state index in [1.165, 1.54) is 0 Å². The molecule has 112 valence electrons. The number of nitrogens with zero attached hydrogens (tertiary/aromatic N) is 1. The van der Waals surface area contributed by atoms with Gasteiger partial charge in [-0.05, 0) is 5.56 Å². The lowest BCUT2D eigenvalue weighted by molar-refractivity contribution is -0.139. The summed E-state index contributed by atoms with van der Waals surface area (Å²) in [7, 11) is 0. The Morgan fingerprint density at radius 2 is 1.81 bits per heavy atom. The lowest BCUT2D eigenvalue weighted by atomic mass is 10.2. The molecule has 0 fully saturated rings. The van der Waals surface area contributed by atoms with Crippen LogP contribution in [0.2, 0.25) is 0 Å². The quantitative estimate of drug-likeness (QED) is 0.935. The Balaban J connectivity index is 2.13. The van der Waals surface area contributed by atoms with Crippen LogP contribution in [0.4, 0.5) is 13.2 Å². The summed E-state index contributed by atoms with van der Waals surface area (Å²) in [4.78, 5) is 24.1. The molecule has 0 unspecified atom stereocenters. The molecule has 1 aromatic carbocycles. The normalized spacial score (nSPS) is 11.6. The molecule has 0 radical (unpaired) electrons. The fourth-order valence-electron chi connectivity index (χ4n) is 1.64. The van der Waals surface area contributed by atoms with Crippen molar-refractivity contribution in [1.29, 1.82) is 0 Å². The second-order valence-electron chi connectivity index (χ2n) is 4.23. The molecule has 0 atom stereocenters. The molecule has 8 heteroatoms. The van der Waals surface area contributed by atoms with Crippen molar-refractivity contribution >= 4 is 0 Å². The van der Waals surface area contributed by atoms with Crippen LogP contribution in [0.1, 0.15) is 11.1 Å². The molecule has 0 aliphatic rings. The highest BCUT2D eigenvalue weighted by Crippen LogP contribution is 2.25. The third kappa shape index (κ3) is 3.82. The number of benzene rings is 1. The van der Waals surface area contributed by atoms with Crippen LogP contribution in [-0.4, -0.2) is 9.55 Å². The molecule has 0 aliphatic carbocycles. The molecule has 0 saturated carbocycles. The first kappa shape index (κ1) is 15.0. The van der Waals surface area contributed by atoms with E-state index in [1.54, 1.807) is 29.2 Å². The van der Waals surface area contributed by atoms with Crippen molar-refractivity contribution in [2.24, 2.45) is 0 Å². The lowest BCUT2D eigenvalue weighted by Crippen LogP contribution is -2.35. The summed E-state index contributed by atoms with van der Waals surface area (Å²) in [5, 5.41) is 0. The fraction of sp³-hybridized carbons (Fsp3) is 0.231. The Morgan fingerprint density at radius 1 is 1.14 bits per heavy atom. The first-order valence-corrected chi connectivity index (χ1v) is 5.90. The van der Waals surface area contributed by atoms with Crippen LogP contribution in [-0.2, 0) is 24.3 Å². The average Bonchev–Trinajstić information content (AvgIpc) is 2.41. The fourth-order valence-corrected chi connectivity index (χ4v) is 1.64. The van der Waals surface area contributed by atoms with Gasteiger partial charge in [0.15, 0.2) is 0 Å². The highest BCUT2D eigenvalue weighted by Gasteiger charge is 2.34. The van der Waals surface area contributed by atoms with Crippen molar-refractivity contribution < 1.29 is 17.9 Å². The first-order chi connectivity index (χ1) is 9.88. The monoisotopic (exact) mass is 300 g/mol. The van der Waals surface area contributed by atoms with Gasteiger partial charge < -0.3 is 4.74 Å². The van der Waals surface area contributed by atoms with Gasteiger partial charge in [-0.25, -0.2) is 4.79 Å². The molecule has 0 aliphatic heterocycles. The van der Waals surface area contributed by atoms with E-state index < -0.39 is 29.7 Å². The molecule has 0 bridgehead atoms. The number of H-pyrrole nitrogens is 1. The second kappa shape index (κ2) is 5.96. The van der Waals surface area contributed by atoms with Gasteiger partial charge in [0.2, 0.25) is 0 Å². The number of alkyl halides is 3. The second-order valence-corrected chi connectivity index (χ2v) is 4.23. The zero-order valence-electron chi connectivity index (χ0n) is 10.7. The number of hydrogen-bond acceptors (Lipinski definition) is 3. The van der Waals surface area contributed by atoms with Crippen LogP contribution in [0.25, 0.3) is 0 Å². The molecular formula is C13H11F3N2O3. The van der Waals surface area contributed by atoms with Gasteiger partial charge in [-0.3, -0.25) is 14.3 Å². The molecule has 21 heavy (non-hydrogen) atoms. The van der Waals surface area contributed by atoms with Crippen LogP contribution in [0, 0.1) is 0 Å². The van der Waals surface area contributed by atoms with Gasteiger partial charge in [0, 0.05) is 6.20 Å². The molecule has 0 saturated heterocycles. The summed E-state index contributed by atoms with van der Waals surface area (Å²) in [5.74, 6) is 0. The van der Waals surface area contributed by atoms with Crippen molar-refractivity contribution in [1.82, 2.24) is 9.55 Å². The Hall–Kier alpha value is -2.35. The topological polar surface area (TPSA) is 64.1 Å².